The second-order valence-corrected chi connectivity index (χ2v) is 9.47. The van der Waals surface area contributed by atoms with E-state index in [1.165, 1.54) is 4.31 Å². The number of amides is 1. The molecule has 1 heterocycles. The van der Waals surface area contributed by atoms with Crippen LogP contribution in [0.4, 0.5) is 0 Å². The third kappa shape index (κ3) is 5.58. The van der Waals surface area contributed by atoms with Crippen molar-refractivity contribution in [2.45, 2.75) is 25.5 Å². The molecule has 1 amide bonds. The van der Waals surface area contributed by atoms with E-state index in [1.807, 2.05) is 54.6 Å². The zero-order chi connectivity index (χ0) is 20.9. The van der Waals surface area contributed by atoms with Crippen LogP contribution in [0.1, 0.15) is 30.9 Å². The highest BCUT2D eigenvalue weighted by Crippen LogP contribution is 2.25. The lowest BCUT2D eigenvalue weighted by atomic mass is 10.0. The van der Waals surface area contributed by atoms with Gasteiger partial charge in [-0.25, -0.2) is 8.42 Å². The molecular weight excluding hydrogens is 388 g/mol. The van der Waals surface area contributed by atoms with Gasteiger partial charge in [-0.3, -0.25) is 4.79 Å². The van der Waals surface area contributed by atoms with Gasteiger partial charge in [0.15, 0.2) is 6.61 Å². The lowest BCUT2D eigenvalue weighted by molar-refractivity contribution is -0.134. The molecule has 0 spiro atoms. The summed E-state index contributed by atoms with van der Waals surface area (Å²) in [6, 6.07) is 16.9. The van der Waals surface area contributed by atoms with E-state index in [9.17, 15) is 13.2 Å². The zero-order valence-electron chi connectivity index (χ0n) is 17.0. The minimum Gasteiger partial charge on any atom is -0.483 e. The molecule has 1 aliphatic rings. The first-order valence-electron chi connectivity index (χ1n) is 9.88. The summed E-state index contributed by atoms with van der Waals surface area (Å²) in [5.74, 6) is 0.889. The maximum atomic E-state index is 12.6. The molecule has 29 heavy (non-hydrogen) atoms. The second-order valence-electron chi connectivity index (χ2n) is 7.50. The molecule has 0 atom stereocenters. The van der Waals surface area contributed by atoms with Gasteiger partial charge in [-0.1, -0.05) is 62.4 Å². The number of hydrogen-bond acceptors (Lipinski definition) is 4. The SMILES string of the molecule is CC(C)c1ccccc1OCC(=O)N1CCN(S(=O)(=O)Cc2ccccc2)CC1. The maximum absolute atomic E-state index is 12.6. The fourth-order valence-corrected chi connectivity index (χ4v) is 4.93. The number of rotatable bonds is 7. The predicted molar refractivity (Wildman–Crippen MR) is 113 cm³/mol. The summed E-state index contributed by atoms with van der Waals surface area (Å²) < 4.78 is 32.5. The van der Waals surface area contributed by atoms with Crippen molar-refractivity contribution in [2.75, 3.05) is 32.8 Å². The Bertz CT molecular complexity index is 921. The molecule has 1 saturated heterocycles. The van der Waals surface area contributed by atoms with Crippen LogP contribution >= 0.6 is 0 Å². The van der Waals surface area contributed by atoms with Crippen LogP contribution in [0.3, 0.4) is 0 Å². The average molecular weight is 417 g/mol. The van der Waals surface area contributed by atoms with Crippen LogP contribution in [0.5, 0.6) is 5.75 Å². The highest BCUT2D eigenvalue weighted by molar-refractivity contribution is 7.88. The van der Waals surface area contributed by atoms with Crippen LogP contribution in [0.25, 0.3) is 0 Å². The topological polar surface area (TPSA) is 66.9 Å². The Morgan fingerprint density at radius 3 is 2.24 bits per heavy atom. The lowest BCUT2D eigenvalue weighted by Gasteiger charge is -2.34. The number of ether oxygens (including phenoxy) is 1. The largest absolute Gasteiger partial charge is 0.483 e. The third-order valence-corrected chi connectivity index (χ3v) is 6.92. The number of carbonyl (C=O) groups excluding carboxylic acids is 1. The fourth-order valence-electron chi connectivity index (χ4n) is 3.41. The monoisotopic (exact) mass is 416 g/mol. The van der Waals surface area contributed by atoms with E-state index >= 15 is 0 Å². The number of carbonyl (C=O) groups is 1. The minimum absolute atomic E-state index is 0.0170. The standard InChI is InChI=1S/C22H28N2O4S/c1-18(2)20-10-6-7-11-21(20)28-16-22(25)23-12-14-24(15-13-23)29(26,27)17-19-8-4-3-5-9-19/h3-11,18H,12-17H2,1-2H3. The van der Waals surface area contributed by atoms with Gasteiger partial charge in [0.25, 0.3) is 5.91 Å². The van der Waals surface area contributed by atoms with Gasteiger partial charge in [0.05, 0.1) is 5.75 Å². The normalized spacial score (nSPS) is 15.5. The summed E-state index contributed by atoms with van der Waals surface area (Å²) in [4.78, 5) is 14.2. The van der Waals surface area contributed by atoms with Gasteiger partial charge in [0, 0.05) is 26.2 Å². The second kappa shape index (κ2) is 9.41. The van der Waals surface area contributed by atoms with Gasteiger partial charge in [-0.2, -0.15) is 4.31 Å². The Hall–Kier alpha value is -2.38. The molecular formula is C22H28N2O4S. The van der Waals surface area contributed by atoms with Gasteiger partial charge in [0.2, 0.25) is 10.0 Å². The summed E-state index contributed by atoms with van der Waals surface area (Å²) >= 11 is 0. The molecule has 0 saturated carbocycles. The van der Waals surface area contributed by atoms with E-state index < -0.39 is 10.0 Å². The average Bonchev–Trinajstić information content (AvgIpc) is 2.72. The first-order chi connectivity index (χ1) is 13.9. The van der Waals surface area contributed by atoms with Crippen LogP contribution in [-0.2, 0) is 20.6 Å². The van der Waals surface area contributed by atoms with E-state index in [2.05, 4.69) is 13.8 Å². The summed E-state index contributed by atoms with van der Waals surface area (Å²) in [6.07, 6.45) is 0. The molecule has 1 aliphatic heterocycles. The quantitative estimate of drug-likeness (QED) is 0.696. The van der Waals surface area contributed by atoms with Crippen molar-refractivity contribution in [1.82, 2.24) is 9.21 Å². The number of nitrogens with zero attached hydrogens (tertiary/aromatic N) is 2. The van der Waals surface area contributed by atoms with Crippen molar-refractivity contribution in [3.05, 3.63) is 65.7 Å². The van der Waals surface area contributed by atoms with Crippen LogP contribution in [0.2, 0.25) is 0 Å². The van der Waals surface area contributed by atoms with E-state index in [0.29, 0.717) is 32.1 Å². The van der Waals surface area contributed by atoms with Crippen molar-refractivity contribution in [2.24, 2.45) is 0 Å². The Balaban J connectivity index is 1.52. The molecule has 0 bridgehead atoms. The van der Waals surface area contributed by atoms with Crippen molar-refractivity contribution < 1.29 is 17.9 Å². The molecule has 3 rings (SSSR count). The van der Waals surface area contributed by atoms with E-state index in [0.717, 1.165) is 16.9 Å². The zero-order valence-corrected chi connectivity index (χ0v) is 17.8. The van der Waals surface area contributed by atoms with Crippen molar-refractivity contribution in [1.29, 1.82) is 0 Å². The van der Waals surface area contributed by atoms with Crippen molar-refractivity contribution >= 4 is 15.9 Å². The van der Waals surface area contributed by atoms with Gasteiger partial charge >= 0.3 is 0 Å². The molecule has 0 aromatic heterocycles. The molecule has 2 aromatic rings. The number of piperazine rings is 1. The highest BCUT2D eigenvalue weighted by atomic mass is 32.2. The van der Waals surface area contributed by atoms with E-state index in [4.69, 9.17) is 4.74 Å². The van der Waals surface area contributed by atoms with Gasteiger partial charge < -0.3 is 9.64 Å². The Kier molecular flexibility index (Phi) is 6.92. The molecule has 7 heteroatoms. The Labute approximate surface area is 173 Å². The van der Waals surface area contributed by atoms with Gasteiger partial charge in [0.1, 0.15) is 5.75 Å². The number of benzene rings is 2. The maximum Gasteiger partial charge on any atom is 0.260 e. The summed E-state index contributed by atoms with van der Waals surface area (Å²) in [6.45, 7) is 5.50. The minimum atomic E-state index is -3.39. The van der Waals surface area contributed by atoms with Crippen molar-refractivity contribution in [3.63, 3.8) is 0 Å². The molecule has 0 N–H and O–H groups in total. The van der Waals surface area contributed by atoms with Crippen LogP contribution in [-0.4, -0.2) is 56.3 Å². The third-order valence-electron chi connectivity index (χ3n) is 5.07. The molecule has 2 aromatic carbocycles. The summed E-state index contributed by atoms with van der Waals surface area (Å²) in [5, 5.41) is 0. The van der Waals surface area contributed by atoms with E-state index in [-0.39, 0.29) is 18.3 Å². The molecule has 6 nitrogen and oxygen atoms in total. The van der Waals surface area contributed by atoms with Crippen molar-refractivity contribution in [3.8, 4) is 5.75 Å². The van der Waals surface area contributed by atoms with Crippen LogP contribution < -0.4 is 4.74 Å². The number of para-hydroxylation sites is 1. The van der Waals surface area contributed by atoms with E-state index in [1.54, 1.807) is 4.90 Å². The Morgan fingerprint density at radius 2 is 1.59 bits per heavy atom. The highest BCUT2D eigenvalue weighted by Gasteiger charge is 2.29. The molecule has 0 radical (unpaired) electrons. The summed E-state index contributed by atoms with van der Waals surface area (Å²) in [7, 11) is -3.39. The fraction of sp³-hybridized carbons (Fsp3) is 0.409. The van der Waals surface area contributed by atoms with Crippen LogP contribution in [0.15, 0.2) is 54.6 Å². The molecule has 0 unspecified atom stereocenters. The smallest absolute Gasteiger partial charge is 0.260 e. The predicted octanol–water partition coefficient (Wildman–Crippen LogP) is 2.86. The number of sulfonamides is 1. The lowest BCUT2D eigenvalue weighted by Crippen LogP contribution is -2.51. The van der Waals surface area contributed by atoms with Gasteiger partial charge in [-0.05, 0) is 23.1 Å². The first kappa shape index (κ1) is 21.3. The van der Waals surface area contributed by atoms with Crippen LogP contribution in [0, 0.1) is 0 Å². The molecule has 0 aliphatic carbocycles. The summed E-state index contributed by atoms with van der Waals surface area (Å²) in [5.41, 5.74) is 1.83. The first-order valence-corrected chi connectivity index (χ1v) is 11.5. The Morgan fingerprint density at radius 1 is 0.966 bits per heavy atom. The molecule has 1 fully saturated rings. The number of hydrogen-bond donors (Lipinski definition) is 0. The van der Waals surface area contributed by atoms with Gasteiger partial charge in [-0.15, -0.1) is 0 Å². The molecule has 156 valence electrons.